The number of hydrogen-bond acceptors (Lipinski definition) is 4. The zero-order valence-electron chi connectivity index (χ0n) is 10.7. The predicted octanol–water partition coefficient (Wildman–Crippen LogP) is 2.98. The van der Waals surface area contributed by atoms with Crippen LogP contribution in [0.3, 0.4) is 0 Å². The fourth-order valence-corrected chi connectivity index (χ4v) is 2.01. The predicted molar refractivity (Wildman–Crippen MR) is 76.6 cm³/mol. The molecule has 0 saturated heterocycles. The smallest absolute Gasteiger partial charge is 0.159 e. The van der Waals surface area contributed by atoms with E-state index in [-0.39, 0.29) is 0 Å². The molecule has 0 radical (unpaired) electrons. The number of thioether (sulfide) groups is 1. The fraction of sp³-hybridized carbons (Fsp3) is 0.286. The SMILES string of the molecule is CCNCc1cnc(-c2ccc(SC)cc2)nc1. The Morgan fingerprint density at radius 2 is 1.78 bits per heavy atom. The van der Waals surface area contributed by atoms with Crippen molar-refractivity contribution in [2.75, 3.05) is 12.8 Å². The van der Waals surface area contributed by atoms with Gasteiger partial charge in [0.25, 0.3) is 0 Å². The second-order valence-electron chi connectivity index (χ2n) is 3.92. The highest BCUT2D eigenvalue weighted by molar-refractivity contribution is 7.98. The van der Waals surface area contributed by atoms with Gasteiger partial charge in [-0.15, -0.1) is 11.8 Å². The van der Waals surface area contributed by atoms with Crippen LogP contribution in [0.2, 0.25) is 0 Å². The summed E-state index contributed by atoms with van der Waals surface area (Å²) in [6, 6.07) is 8.31. The third-order valence-corrected chi connectivity index (χ3v) is 3.38. The summed E-state index contributed by atoms with van der Waals surface area (Å²) in [6.45, 7) is 3.86. The fourth-order valence-electron chi connectivity index (χ4n) is 1.60. The average Bonchev–Trinajstić information content (AvgIpc) is 2.46. The molecule has 0 bridgehead atoms. The Kier molecular flexibility index (Phi) is 4.73. The number of aromatic nitrogens is 2. The highest BCUT2D eigenvalue weighted by Crippen LogP contribution is 2.20. The first-order chi connectivity index (χ1) is 8.83. The lowest BCUT2D eigenvalue weighted by molar-refractivity contribution is 0.721. The molecule has 0 unspecified atom stereocenters. The molecule has 2 rings (SSSR count). The Hall–Kier alpha value is -1.39. The molecule has 94 valence electrons. The van der Waals surface area contributed by atoms with Gasteiger partial charge in [0.2, 0.25) is 0 Å². The van der Waals surface area contributed by atoms with Crippen LogP contribution in [0.5, 0.6) is 0 Å². The third kappa shape index (κ3) is 3.31. The summed E-state index contributed by atoms with van der Waals surface area (Å²) in [5.41, 5.74) is 2.17. The average molecular weight is 259 g/mol. The van der Waals surface area contributed by atoms with Crippen LogP contribution in [0.1, 0.15) is 12.5 Å². The standard InChI is InChI=1S/C14H17N3S/c1-3-15-8-11-9-16-14(17-10-11)12-4-6-13(18-2)7-5-12/h4-7,9-10,15H,3,8H2,1-2H3. The molecule has 0 amide bonds. The normalized spacial score (nSPS) is 10.6. The first kappa shape index (κ1) is 13.1. The first-order valence-corrected chi connectivity index (χ1v) is 7.22. The minimum absolute atomic E-state index is 0.780. The van der Waals surface area contributed by atoms with E-state index in [1.165, 1.54) is 4.90 Å². The van der Waals surface area contributed by atoms with Crippen LogP contribution >= 0.6 is 11.8 Å². The molecule has 1 N–H and O–H groups in total. The number of nitrogens with one attached hydrogen (secondary N) is 1. The van der Waals surface area contributed by atoms with Gasteiger partial charge in [0, 0.05) is 35.0 Å². The van der Waals surface area contributed by atoms with Crippen molar-refractivity contribution < 1.29 is 0 Å². The van der Waals surface area contributed by atoms with Crippen LogP contribution in [-0.2, 0) is 6.54 Å². The Morgan fingerprint density at radius 1 is 1.11 bits per heavy atom. The zero-order valence-corrected chi connectivity index (χ0v) is 11.5. The van der Waals surface area contributed by atoms with Crippen LogP contribution in [0.4, 0.5) is 0 Å². The Bertz CT molecular complexity index is 479. The Balaban J connectivity index is 2.12. The summed E-state index contributed by atoms with van der Waals surface area (Å²) in [6.07, 6.45) is 5.84. The molecule has 0 fully saturated rings. The summed E-state index contributed by atoms with van der Waals surface area (Å²) >= 11 is 1.74. The van der Waals surface area contributed by atoms with Gasteiger partial charge in [-0.1, -0.05) is 19.1 Å². The first-order valence-electron chi connectivity index (χ1n) is 5.99. The molecule has 0 spiro atoms. The van der Waals surface area contributed by atoms with Gasteiger partial charge in [0.1, 0.15) is 0 Å². The maximum atomic E-state index is 4.40. The second-order valence-corrected chi connectivity index (χ2v) is 4.80. The molecule has 1 heterocycles. The van der Waals surface area contributed by atoms with Gasteiger partial charge in [-0.3, -0.25) is 0 Å². The Labute approximate surface area is 112 Å². The summed E-state index contributed by atoms with van der Waals surface area (Å²) in [4.78, 5) is 10.1. The van der Waals surface area contributed by atoms with Crippen LogP contribution in [-0.4, -0.2) is 22.8 Å². The van der Waals surface area contributed by atoms with E-state index in [9.17, 15) is 0 Å². The maximum absolute atomic E-state index is 4.40. The summed E-state index contributed by atoms with van der Waals surface area (Å²) in [5.74, 6) is 0.780. The molecule has 0 aliphatic rings. The zero-order chi connectivity index (χ0) is 12.8. The quantitative estimate of drug-likeness (QED) is 0.838. The monoisotopic (exact) mass is 259 g/mol. The number of nitrogens with zero attached hydrogens (tertiary/aromatic N) is 2. The highest BCUT2D eigenvalue weighted by atomic mass is 32.2. The number of rotatable bonds is 5. The molecule has 18 heavy (non-hydrogen) atoms. The molecule has 2 aromatic rings. The van der Waals surface area contributed by atoms with Crippen molar-refractivity contribution in [3.63, 3.8) is 0 Å². The van der Waals surface area contributed by atoms with Crippen molar-refractivity contribution in [1.29, 1.82) is 0 Å². The van der Waals surface area contributed by atoms with E-state index in [1.807, 2.05) is 12.4 Å². The van der Waals surface area contributed by atoms with Crippen LogP contribution in [0.25, 0.3) is 11.4 Å². The van der Waals surface area contributed by atoms with Crippen LogP contribution in [0, 0.1) is 0 Å². The lowest BCUT2D eigenvalue weighted by Gasteiger charge is -2.04. The van der Waals surface area contributed by atoms with E-state index in [2.05, 4.69) is 52.7 Å². The van der Waals surface area contributed by atoms with Gasteiger partial charge in [-0.25, -0.2) is 9.97 Å². The number of hydrogen-bond donors (Lipinski definition) is 1. The highest BCUT2D eigenvalue weighted by Gasteiger charge is 2.01. The van der Waals surface area contributed by atoms with Crippen LogP contribution in [0.15, 0.2) is 41.6 Å². The van der Waals surface area contributed by atoms with Gasteiger partial charge in [0.15, 0.2) is 5.82 Å². The molecule has 3 nitrogen and oxygen atoms in total. The molecule has 0 atom stereocenters. The number of benzene rings is 1. The molecular formula is C14H17N3S. The molecule has 1 aromatic carbocycles. The van der Waals surface area contributed by atoms with Crippen molar-refractivity contribution in [1.82, 2.24) is 15.3 Å². The van der Waals surface area contributed by atoms with E-state index >= 15 is 0 Å². The Morgan fingerprint density at radius 3 is 2.33 bits per heavy atom. The van der Waals surface area contributed by atoms with Gasteiger partial charge in [-0.2, -0.15) is 0 Å². The van der Waals surface area contributed by atoms with Crippen molar-refractivity contribution in [3.8, 4) is 11.4 Å². The molecule has 0 aliphatic heterocycles. The van der Waals surface area contributed by atoms with Crippen molar-refractivity contribution in [2.24, 2.45) is 0 Å². The van der Waals surface area contributed by atoms with E-state index in [1.54, 1.807) is 11.8 Å². The minimum Gasteiger partial charge on any atom is -0.313 e. The topological polar surface area (TPSA) is 37.8 Å². The van der Waals surface area contributed by atoms with Crippen molar-refractivity contribution in [3.05, 3.63) is 42.2 Å². The van der Waals surface area contributed by atoms with E-state index in [4.69, 9.17) is 0 Å². The lowest BCUT2D eigenvalue weighted by Crippen LogP contribution is -2.12. The minimum atomic E-state index is 0.780. The third-order valence-electron chi connectivity index (χ3n) is 2.63. The van der Waals surface area contributed by atoms with Crippen molar-refractivity contribution >= 4 is 11.8 Å². The van der Waals surface area contributed by atoms with Crippen LogP contribution < -0.4 is 5.32 Å². The second kappa shape index (κ2) is 6.52. The molecule has 4 heteroatoms. The van der Waals surface area contributed by atoms with Gasteiger partial charge < -0.3 is 5.32 Å². The van der Waals surface area contributed by atoms with E-state index in [0.29, 0.717) is 0 Å². The largest absolute Gasteiger partial charge is 0.313 e. The van der Waals surface area contributed by atoms with Gasteiger partial charge in [-0.05, 0) is 24.9 Å². The maximum Gasteiger partial charge on any atom is 0.159 e. The summed E-state index contributed by atoms with van der Waals surface area (Å²) < 4.78 is 0. The molecular weight excluding hydrogens is 242 g/mol. The van der Waals surface area contributed by atoms with E-state index in [0.717, 1.165) is 30.0 Å². The molecule has 1 aromatic heterocycles. The lowest BCUT2D eigenvalue weighted by atomic mass is 10.2. The summed E-state index contributed by atoms with van der Waals surface area (Å²) in [5, 5.41) is 3.26. The van der Waals surface area contributed by atoms with Crippen molar-refractivity contribution in [2.45, 2.75) is 18.4 Å². The van der Waals surface area contributed by atoms with Gasteiger partial charge in [0.05, 0.1) is 0 Å². The van der Waals surface area contributed by atoms with Gasteiger partial charge >= 0.3 is 0 Å². The summed E-state index contributed by atoms with van der Waals surface area (Å²) in [7, 11) is 0. The molecule has 0 aliphatic carbocycles. The molecule has 0 saturated carbocycles. The van der Waals surface area contributed by atoms with E-state index < -0.39 is 0 Å².